The average Bonchev–Trinajstić information content (AvgIpc) is 2.34. The van der Waals surface area contributed by atoms with Crippen LogP contribution < -0.4 is 10.5 Å². The number of nitrogens with two attached hydrogens (primary N) is 1. The number of aryl methyl sites for hydroxylation is 1. The van der Waals surface area contributed by atoms with E-state index in [-0.39, 0.29) is 5.69 Å². The highest BCUT2D eigenvalue weighted by Gasteiger charge is 2.04. The van der Waals surface area contributed by atoms with Crippen LogP contribution in [0.25, 0.3) is 0 Å². The maximum Gasteiger partial charge on any atom is 0.149 e. The van der Waals surface area contributed by atoms with Gasteiger partial charge in [-0.05, 0) is 42.8 Å². The van der Waals surface area contributed by atoms with Crippen molar-refractivity contribution >= 4 is 5.69 Å². The van der Waals surface area contributed by atoms with E-state index in [1.54, 1.807) is 24.3 Å². The number of nitrogen functional groups attached to an aromatic ring is 1. The Morgan fingerprint density at radius 2 is 1.83 bits per heavy atom. The SMILES string of the molecule is Cc1cc(Oc2ccc(N)c(F)c2)ccc1C#N. The third-order valence-electron chi connectivity index (χ3n) is 2.53. The molecule has 0 spiro atoms. The fraction of sp³-hybridized carbons (Fsp3) is 0.0714. The van der Waals surface area contributed by atoms with Gasteiger partial charge in [-0.25, -0.2) is 4.39 Å². The third-order valence-corrected chi connectivity index (χ3v) is 2.53. The molecule has 2 N–H and O–H groups in total. The van der Waals surface area contributed by atoms with E-state index < -0.39 is 5.82 Å². The van der Waals surface area contributed by atoms with Crippen molar-refractivity contribution in [2.45, 2.75) is 6.92 Å². The van der Waals surface area contributed by atoms with Gasteiger partial charge in [-0.1, -0.05) is 0 Å². The number of rotatable bonds is 2. The van der Waals surface area contributed by atoms with Crippen molar-refractivity contribution in [3.63, 3.8) is 0 Å². The number of hydrogen-bond donors (Lipinski definition) is 1. The van der Waals surface area contributed by atoms with E-state index >= 15 is 0 Å². The lowest BCUT2D eigenvalue weighted by molar-refractivity contribution is 0.477. The van der Waals surface area contributed by atoms with Gasteiger partial charge in [-0.2, -0.15) is 5.26 Å². The van der Waals surface area contributed by atoms with Gasteiger partial charge in [0.15, 0.2) is 0 Å². The monoisotopic (exact) mass is 242 g/mol. The maximum atomic E-state index is 13.2. The van der Waals surface area contributed by atoms with Crippen molar-refractivity contribution in [2.75, 3.05) is 5.73 Å². The lowest BCUT2D eigenvalue weighted by Gasteiger charge is -2.07. The van der Waals surface area contributed by atoms with Gasteiger partial charge in [0.25, 0.3) is 0 Å². The fourth-order valence-electron chi connectivity index (χ4n) is 1.53. The zero-order valence-corrected chi connectivity index (χ0v) is 9.77. The minimum absolute atomic E-state index is 0.0818. The van der Waals surface area contributed by atoms with E-state index in [1.165, 1.54) is 12.1 Å². The second-order valence-corrected chi connectivity index (χ2v) is 3.87. The molecule has 0 aliphatic heterocycles. The van der Waals surface area contributed by atoms with E-state index in [2.05, 4.69) is 6.07 Å². The molecule has 0 aliphatic rings. The average molecular weight is 242 g/mol. The molecule has 0 fully saturated rings. The first-order valence-electron chi connectivity index (χ1n) is 5.34. The van der Waals surface area contributed by atoms with E-state index in [1.807, 2.05) is 6.92 Å². The Bertz CT molecular complexity index is 632. The molecule has 2 rings (SSSR count). The topological polar surface area (TPSA) is 59.0 Å². The van der Waals surface area contributed by atoms with Crippen LogP contribution in [0.2, 0.25) is 0 Å². The molecule has 0 unspecified atom stereocenters. The van der Waals surface area contributed by atoms with Gasteiger partial charge >= 0.3 is 0 Å². The predicted molar refractivity (Wildman–Crippen MR) is 66.8 cm³/mol. The molecule has 3 nitrogen and oxygen atoms in total. The summed E-state index contributed by atoms with van der Waals surface area (Å²) in [6.07, 6.45) is 0. The van der Waals surface area contributed by atoms with Crippen molar-refractivity contribution in [1.29, 1.82) is 5.26 Å². The molecule has 0 bridgehead atoms. The van der Waals surface area contributed by atoms with Gasteiger partial charge in [0, 0.05) is 6.07 Å². The Hall–Kier alpha value is -2.54. The van der Waals surface area contributed by atoms with Crippen LogP contribution in [-0.4, -0.2) is 0 Å². The lowest BCUT2D eigenvalue weighted by Crippen LogP contribution is -1.92. The van der Waals surface area contributed by atoms with Gasteiger partial charge in [-0.3, -0.25) is 0 Å². The molecule has 0 saturated carbocycles. The van der Waals surface area contributed by atoms with Crippen LogP contribution in [0.4, 0.5) is 10.1 Å². The summed E-state index contributed by atoms with van der Waals surface area (Å²) >= 11 is 0. The Kier molecular flexibility index (Phi) is 3.16. The summed E-state index contributed by atoms with van der Waals surface area (Å²) < 4.78 is 18.7. The third kappa shape index (κ3) is 2.41. The molecule has 0 saturated heterocycles. The smallest absolute Gasteiger partial charge is 0.149 e. The summed E-state index contributed by atoms with van der Waals surface area (Å²) in [7, 11) is 0. The largest absolute Gasteiger partial charge is 0.457 e. The Balaban J connectivity index is 2.26. The molecule has 4 heteroatoms. The minimum atomic E-state index is -0.516. The van der Waals surface area contributed by atoms with E-state index in [0.29, 0.717) is 17.1 Å². The fourth-order valence-corrected chi connectivity index (χ4v) is 1.53. The molecular formula is C14H11FN2O. The first kappa shape index (κ1) is 11.9. The number of hydrogen-bond acceptors (Lipinski definition) is 3. The van der Waals surface area contributed by atoms with E-state index in [9.17, 15) is 4.39 Å². The van der Waals surface area contributed by atoms with Crippen molar-refractivity contribution < 1.29 is 9.13 Å². The van der Waals surface area contributed by atoms with Gasteiger partial charge in [-0.15, -0.1) is 0 Å². The lowest BCUT2D eigenvalue weighted by atomic mass is 10.1. The second-order valence-electron chi connectivity index (χ2n) is 3.87. The molecule has 18 heavy (non-hydrogen) atoms. The summed E-state index contributed by atoms with van der Waals surface area (Å²) in [6.45, 7) is 1.81. The van der Waals surface area contributed by atoms with Gasteiger partial charge in [0.05, 0.1) is 17.3 Å². The number of anilines is 1. The number of benzene rings is 2. The number of nitriles is 1. The van der Waals surface area contributed by atoms with Crippen molar-refractivity contribution in [1.82, 2.24) is 0 Å². The number of nitrogens with zero attached hydrogens (tertiary/aromatic N) is 1. The molecule has 0 heterocycles. The number of ether oxygens (including phenoxy) is 1. The zero-order valence-electron chi connectivity index (χ0n) is 9.77. The van der Waals surface area contributed by atoms with Gasteiger partial charge in [0.1, 0.15) is 17.3 Å². The molecular weight excluding hydrogens is 231 g/mol. The summed E-state index contributed by atoms with van der Waals surface area (Å²) in [4.78, 5) is 0. The van der Waals surface area contributed by atoms with Crippen LogP contribution in [0.5, 0.6) is 11.5 Å². The standard InChI is InChI=1S/C14H11FN2O/c1-9-6-11(3-2-10(9)8-16)18-12-4-5-14(17)13(15)7-12/h2-7H,17H2,1H3. The molecule has 0 amide bonds. The summed E-state index contributed by atoms with van der Waals surface area (Å²) in [6, 6.07) is 11.4. The first-order valence-corrected chi connectivity index (χ1v) is 5.34. The second kappa shape index (κ2) is 4.76. The minimum Gasteiger partial charge on any atom is -0.457 e. The first-order chi connectivity index (χ1) is 8.60. The Labute approximate surface area is 104 Å². The Morgan fingerprint density at radius 3 is 2.44 bits per heavy atom. The molecule has 90 valence electrons. The van der Waals surface area contributed by atoms with E-state index in [4.69, 9.17) is 15.7 Å². The van der Waals surface area contributed by atoms with Crippen LogP contribution in [0.15, 0.2) is 36.4 Å². The molecule has 0 aromatic heterocycles. The highest BCUT2D eigenvalue weighted by Crippen LogP contribution is 2.25. The molecule has 0 atom stereocenters. The van der Waals surface area contributed by atoms with Crippen molar-refractivity contribution in [2.24, 2.45) is 0 Å². The molecule has 0 radical (unpaired) electrons. The van der Waals surface area contributed by atoms with Crippen LogP contribution in [0.3, 0.4) is 0 Å². The van der Waals surface area contributed by atoms with Crippen molar-refractivity contribution in [3.05, 3.63) is 53.3 Å². The quantitative estimate of drug-likeness (QED) is 0.821. The predicted octanol–water partition coefficient (Wildman–Crippen LogP) is 3.38. The van der Waals surface area contributed by atoms with Crippen LogP contribution >= 0.6 is 0 Å². The zero-order chi connectivity index (χ0) is 13.1. The molecule has 2 aromatic rings. The summed E-state index contributed by atoms with van der Waals surface area (Å²) in [5.74, 6) is 0.402. The molecule has 0 aliphatic carbocycles. The van der Waals surface area contributed by atoms with Crippen molar-refractivity contribution in [3.8, 4) is 17.6 Å². The van der Waals surface area contributed by atoms with Gasteiger partial charge in [0.2, 0.25) is 0 Å². The van der Waals surface area contributed by atoms with Crippen LogP contribution in [-0.2, 0) is 0 Å². The van der Waals surface area contributed by atoms with Crippen LogP contribution in [0, 0.1) is 24.1 Å². The van der Waals surface area contributed by atoms with E-state index in [0.717, 1.165) is 5.56 Å². The van der Waals surface area contributed by atoms with Crippen LogP contribution in [0.1, 0.15) is 11.1 Å². The number of halogens is 1. The van der Waals surface area contributed by atoms with Gasteiger partial charge < -0.3 is 10.5 Å². The normalized spacial score (nSPS) is 9.83. The highest BCUT2D eigenvalue weighted by molar-refractivity contribution is 5.46. The summed E-state index contributed by atoms with van der Waals surface area (Å²) in [5.41, 5.74) is 6.86. The Morgan fingerprint density at radius 1 is 1.17 bits per heavy atom. The highest BCUT2D eigenvalue weighted by atomic mass is 19.1. The molecule has 2 aromatic carbocycles. The summed E-state index contributed by atoms with van der Waals surface area (Å²) in [5, 5.41) is 8.81. The maximum absolute atomic E-state index is 13.2.